The predicted octanol–water partition coefficient (Wildman–Crippen LogP) is 2.31. The molecule has 0 radical (unpaired) electrons. The lowest BCUT2D eigenvalue weighted by atomic mass is 10.1. The molecule has 1 aliphatic heterocycles. The van der Waals surface area contributed by atoms with Gasteiger partial charge in [-0.15, -0.1) is 0 Å². The third-order valence-corrected chi connectivity index (χ3v) is 1.51. The van der Waals surface area contributed by atoms with Crippen molar-refractivity contribution >= 4 is 22.9 Å². The first-order chi connectivity index (χ1) is 4.10. The Morgan fingerprint density at radius 3 is 2.56 bits per heavy atom. The summed E-state index contributed by atoms with van der Waals surface area (Å²) in [6.07, 6.45) is 3.90. The van der Waals surface area contributed by atoms with Crippen molar-refractivity contribution in [2.75, 3.05) is 0 Å². The number of hydrogen-bond acceptors (Lipinski definition) is 3. The average molecular weight is 237 g/mol. The van der Waals surface area contributed by atoms with E-state index in [1.165, 1.54) is 0 Å². The van der Waals surface area contributed by atoms with Crippen molar-refractivity contribution in [3.8, 4) is 0 Å². The van der Waals surface area contributed by atoms with E-state index in [-0.39, 0.29) is 5.54 Å². The second-order valence-corrected chi connectivity index (χ2v) is 3.44. The second kappa shape index (κ2) is 2.24. The van der Waals surface area contributed by atoms with Crippen LogP contribution in [0.4, 0.5) is 0 Å². The van der Waals surface area contributed by atoms with Crippen molar-refractivity contribution in [1.29, 1.82) is 0 Å². The van der Waals surface area contributed by atoms with Crippen LogP contribution in [0.3, 0.4) is 0 Å². The van der Waals surface area contributed by atoms with E-state index < -0.39 is 0 Å². The third-order valence-electron chi connectivity index (χ3n) is 0.993. The van der Waals surface area contributed by atoms with Crippen molar-refractivity contribution in [3.63, 3.8) is 0 Å². The quantitative estimate of drug-likeness (QED) is 0.469. The Morgan fingerprint density at radius 1 is 1.56 bits per heavy atom. The summed E-state index contributed by atoms with van der Waals surface area (Å²) in [6, 6.07) is 0. The lowest BCUT2D eigenvalue weighted by Gasteiger charge is -2.17. The summed E-state index contributed by atoms with van der Waals surface area (Å²) in [5.41, 5.74) is -0.109. The SMILES string of the molecule is CC1(C)C=CN(I)N=N1. The maximum Gasteiger partial charge on any atom is 0.0979 e. The van der Waals surface area contributed by atoms with E-state index in [1.807, 2.05) is 26.1 Å². The summed E-state index contributed by atoms with van der Waals surface area (Å²) in [5, 5.41) is 7.84. The van der Waals surface area contributed by atoms with Crippen LogP contribution in [0.1, 0.15) is 13.8 Å². The maximum absolute atomic E-state index is 4.00. The third kappa shape index (κ3) is 1.92. The number of rotatable bonds is 0. The largest absolute Gasteiger partial charge is 0.194 e. The molecular weight excluding hydrogens is 229 g/mol. The van der Waals surface area contributed by atoms with Gasteiger partial charge in [0, 0.05) is 6.20 Å². The van der Waals surface area contributed by atoms with E-state index in [2.05, 4.69) is 33.2 Å². The molecule has 1 rings (SSSR count). The molecule has 1 aliphatic rings. The van der Waals surface area contributed by atoms with E-state index >= 15 is 0 Å². The minimum atomic E-state index is -0.109. The van der Waals surface area contributed by atoms with E-state index in [9.17, 15) is 0 Å². The maximum atomic E-state index is 4.00. The van der Waals surface area contributed by atoms with Crippen molar-refractivity contribution in [1.82, 2.24) is 3.22 Å². The minimum Gasteiger partial charge on any atom is -0.194 e. The van der Waals surface area contributed by atoms with Crippen molar-refractivity contribution in [2.24, 2.45) is 10.3 Å². The molecule has 50 valence electrons. The van der Waals surface area contributed by atoms with Gasteiger partial charge in [-0.2, -0.15) is 8.34 Å². The van der Waals surface area contributed by atoms with Crippen molar-refractivity contribution in [2.45, 2.75) is 19.4 Å². The second-order valence-electron chi connectivity index (χ2n) is 2.45. The van der Waals surface area contributed by atoms with Crippen LogP contribution in [0.2, 0.25) is 0 Å². The molecule has 0 saturated heterocycles. The Bertz CT molecular complexity index is 146. The van der Waals surface area contributed by atoms with E-state index in [0.29, 0.717) is 0 Å². The molecule has 0 bridgehead atoms. The minimum absolute atomic E-state index is 0.109. The average Bonchev–Trinajstić information content (AvgIpc) is 1.78. The van der Waals surface area contributed by atoms with Gasteiger partial charge in [-0.25, -0.2) is 0 Å². The highest BCUT2D eigenvalue weighted by Crippen LogP contribution is 2.19. The lowest BCUT2D eigenvalue weighted by molar-refractivity contribution is 0.499. The first-order valence-corrected chi connectivity index (χ1v) is 3.64. The molecule has 0 aromatic rings. The van der Waals surface area contributed by atoms with Crippen LogP contribution in [0.25, 0.3) is 0 Å². The summed E-state index contributed by atoms with van der Waals surface area (Å²) < 4.78 is 1.66. The van der Waals surface area contributed by atoms with Gasteiger partial charge in [0.1, 0.15) is 0 Å². The zero-order valence-electron chi connectivity index (χ0n) is 5.37. The van der Waals surface area contributed by atoms with Crippen LogP contribution in [-0.2, 0) is 0 Å². The zero-order valence-corrected chi connectivity index (χ0v) is 7.53. The highest BCUT2D eigenvalue weighted by atomic mass is 127. The Labute approximate surface area is 68.3 Å². The molecule has 0 aromatic heterocycles. The fourth-order valence-corrected chi connectivity index (χ4v) is 0.722. The molecule has 4 heteroatoms. The van der Waals surface area contributed by atoms with E-state index in [4.69, 9.17) is 0 Å². The topological polar surface area (TPSA) is 28.0 Å². The van der Waals surface area contributed by atoms with Gasteiger partial charge in [-0.3, -0.25) is 0 Å². The highest BCUT2D eigenvalue weighted by Gasteiger charge is 2.15. The summed E-state index contributed by atoms with van der Waals surface area (Å²) in [6.45, 7) is 4.02. The molecule has 0 unspecified atom stereocenters. The summed E-state index contributed by atoms with van der Waals surface area (Å²) in [4.78, 5) is 0. The fraction of sp³-hybridized carbons (Fsp3) is 0.600. The summed E-state index contributed by atoms with van der Waals surface area (Å²) in [7, 11) is 0. The Balaban J connectivity index is 2.70. The van der Waals surface area contributed by atoms with Gasteiger partial charge in [0.05, 0.1) is 28.4 Å². The van der Waals surface area contributed by atoms with Crippen LogP contribution in [0.15, 0.2) is 22.6 Å². The molecule has 0 aromatic carbocycles. The summed E-state index contributed by atoms with van der Waals surface area (Å²) >= 11 is 2.06. The first kappa shape index (κ1) is 6.98. The number of nitrogens with zero attached hydrogens (tertiary/aromatic N) is 3. The van der Waals surface area contributed by atoms with Gasteiger partial charge in [-0.1, -0.05) is 5.22 Å². The van der Waals surface area contributed by atoms with Gasteiger partial charge >= 0.3 is 0 Å². The van der Waals surface area contributed by atoms with Crippen LogP contribution >= 0.6 is 22.9 Å². The van der Waals surface area contributed by atoms with Crippen LogP contribution in [-0.4, -0.2) is 8.76 Å². The molecule has 0 spiro atoms. The van der Waals surface area contributed by atoms with Gasteiger partial charge in [0.15, 0.2) is 0 Å². The Kier molecular flexibility index (Phi) is 1.74. The van der Waals surface area contributed by atoms with Gasteiger partial charge < -0.3 is 0 Å². The molecule has 0 amide bonds. The zero-order chi connectivity index (χ0) is 6.91. The molecule has 0 aliphatic carbocycles. The molecule has 1 heterocycles. The van der Waals surface area contributed by atoms with Crippen molar-refractivity contribution in [3.05, 3.63) is 12.3 Å². The fourth-order valence-electron chi connectivity index (χ4n) is 0.465. The van der Waals surface area contributed by atoms with Crippen LogP contribution < -0.4 is 0 Å². The normalized spacial score (nSPS) is 22.8. The van der Waals surface area contributed by atoms with Crippen LogP contribution in [0, 0.1) is 0 Å². The van der Waals surface area contributed by atoms with E-state index in [0.717, 1.165) is 0 Å². The number of halogens is 1. The summed E-state index contributed by atoms with van der Waals surface area (Å²) in [5.74, 6) is 0. The van der Waals surface area contributed by atoms with Gasteiger partial charge in [0.25, 0.3) is 0 Å². The molecule has 0 atom stereocenters. The molecular formula is C5H8IN3. The Hall–Kier alpha value is -0.130. The van der Waals surface area contributed by atoms with E-state index in [1.54, 1.807) is 3.22 Å². The Morgan fingerprint density at radius 2 is 2.22 bits per heavy atom. The van der Waals surface area contributed by atoms with Gasteiger partial charge in [0.2, 0.25) is 0 Å². The molecule has 0 N–H and O–H groups in total. The smallest absolute Gasteiger partial charge is 0.0979 e. The lowest BCUT2D eigenvalue weighted by Crippen LogP contribution is -2.16. The van der Waals surface area contributed by atoms with Gasteiger partial charge in [-0.05, 0) is 19.9 Å². The number of hydrogen-bond donors (Lipinski definition) is 0. The monoisotopic (exact) mass is 237 g/mol. The molecule has 3 nitrogen and oxygen atoms in total. The molecule has 9 heavy (non-hydrogen) atoms. The van der Waals surface area contributed by atoms with Crippen LogP contribution in [0.5, 0.6) is 0 Å². The first-order valence-electron chi connectivity index (χ1n) is 2.67. The van der Waals surface area contributed by atoms with Crippen molar-refractivity contribution < 1.29 is 0 Å². The standard InChI is InChI=1S/C5H8IN3/c1-5(2)3-4-9(6)8-7-5/h3-4H,1-2H3. The molecule has 0 saturated carbocycles. The predicted molar refractivity (Wildman–Crippen MR) is 43.9 cm³/mol. The molecule has 0 fully saturated rings. The highest BCUT2D eigenvalue weighted by molar-refractivity contribution is 14.1.